The third-order valence-corrected chi connectivity index (χ3v) is 5.48. The number of pyridine rings is 1. The second kappa shape index (κ2) is 8.19. The number of nitrogens with zero attached hydrogens (tertiary/aromatic N) is 1. The minimum absolute atomic E-state index is 0.0859. The van der Waals surface area contributed by atoms with Gasteiger partial charge in [0.25, 0.3) is 0 Å². The van der Waals surface area contributed by atoms with Gasteiger partial charge in [-0.25, -0.2) is 0 Å². The van der Waals surface area contributed by atoms with Gasteiger partial charge in [0.05, 0.1) is 16.9 Å². The van der Waals surface area contributed by atoms with Crippen LogP contribution in [0.3, 0.4) is 0 Å². The van der Waals surface area contributed by atoms with Gasteiger partial charge in [-0.1, -0.05) is 0 Å². The molecule has 1 aliphatic heterocycles. The molecule has 28 heavy (non-hydrogen) atoms. The number of carbonyl (C=O) groups is 2. The van der Waals surface area contributed by atoms with Crippen molar-refractivity contribution < 1.29 is 23.6 Å². The summed E-state index contributed by atoms with van der Waals surface area (Å²) in [5, 5.41) is 0. The lowest BCUT2D eigenvalue weighted by Crippen LogP contribution is -2.41. The van der Waals surface area contributed by atoms with Gasteiger partial charge in [-0.15, -0.1) is 0 Å². The zero-order valence-corrected chi connectivity index (χ0v) is 18.1. The van der Waals surface area contributed by atoms with Gasteiger partial charge in [-0.3, -0.25) is 9.59 Å². The molecule has 3 rings (SSSR count). The van der Waals surface area contributed by atoms with Crippen LogP contribution in [0.5, 0.6) is 0 Å². The van der Waals surface area contributed by atoms with Gasteiger partial charge >= 0.3 is 7.12 Å². The van der Waals surface area contributed by atoms with Gasteiger partial charge in [-0.05, 0) is 59.2 Å². The summed E-state index contributed by atoms with van der Waals surface area (Å²) in [6.07, 6.45) is 2.64. The molecule has 1 fully saturated rings. The summed E-state index contributed by atoms with van der Waals surface area (Å²) in [6, 6.07) is 3.69. The van der Waals surface area contributed by atoms with E-state index in [1.165, 1.54) is 6.92 Å². The maximum Gasteiger partial charge on any atom is 0.496 e. The largest absolute Gasteiger partial charge is 0.496 e. The number of rotatable bonds is 4. The quantitative estimate of drug-likeness (QED) is 0.458. The van der Waals surface area contributed by atoms with Crippen LogP contribution < -0.4 is 5.46 Å². The number of carbonyl (C=O) groups excluding carboxylic acids is 2. The van der Waals surface area contributed by atoms with Gasteiger partial charge in [-0.2, -0.15) is 0 Å². The molecular weight excluding hydrogens is 357 g/mol. The summed E-state index contributed by atoms with van der Waals surface area (Å²) in [5.41, 5.74) is 2.46. The van der Waals surface area contributed by atoms with Gasteiger partial charge in [0.2, 0.25) is 0 Å². The first-order valence-electron chi connectivity index (χ1n) is 9.45. The van der Waals surface area contributed by atoms with Crippen LogP contribution in [0, 0.1) is 6.92 Å². The predicted molar refractivity (Wildman–Crippen MR) is 111 cm³/mol. The molecule has 0 aliphatic carbocycles. The van der Waals surface area contributed by atoms with Crippen molar-refractivity contribution >= 4 is 30.2 Å². The molecular formula is C21H30BNO5. The Labute approximate surface area is 167 Å². The molecule has 0 amide bonds. The molecule has 0 bridgehead atoms. The van der Waals surface area contributed by atoms with E-state index < -0.39 is 18.3 Å². The number of hydrogen-bond acceptors (Lipinski definition) is 5. The summed E-state index contributed by atoms with van der Waals surface area (Å²) in [4.78, 5) is 23.4. The fourth-order valence-corrected chi connectivity index (χ4v) is 3.06. The third-order valence-electron chi connectivity index (χ3n) is 5.48. The smallest absolute Gasteiger partial charge is 0.399 e. The first-order valence-corrected chi connectivity index (χ1v) is 9.45. The zero-order valence-electron chi connectivity index (χ0n) is 18.1. The zero-order chi connectivity index (χ0) is 21.3. The van der Waals surface area contributed by atoms with E-state index in [1.54, 1.807) is 20.1 Å². The van der Waals surface area contributed by atoms with E-state index in [0.717, 1.165) is 23.9 Å². The van der Waals surface area contributed by atoms with Crippen molar-refractivity contribution in [1.82, 2.24) is 4.40 Å². The second-order valence-electron chi connectivity index (χ2n) is 7.98. The van der Waals surface area contributed by atoms with Gasteiger partial charge < -0.3 is 18.4 Å². The summed E-state index contributed by atoms with van der Waals surface area (Å²) < 4.78 is 18.5. The molecule has 1 aliphatic rings. The van der Waals surface area contributed by atoms with Crippen molar-refractivity contribution in [3.05, 3.63) is 35.2 Å². The molecule has 0 saturated carbocycles. The summed E-state index contributed by atoms with van der Waals surface area (Å²) >= 11 is 0. The van der Waals surface area contributed by atoms with Crippen LogP contribution in [0.4, 0.5) is 0 Å². The number of ketones is 1. The van der Waals surface area contributed by atoms with Crippen LogP contribution in [0.2, 0.25) is 0 Å². The summed E-state index contributed by atoms with van der Waals surface area (Å²) in [6.45, 7) is 14.1. The fraction of sp³-hybridized carbons (Fsp3) is 0.524. The first kappa shape index (κ1) is 22.3. The lowest BCUT2D eigenvalue weighted by Gasteiger charge is -2.32. The first-order chi connectivity index (χ1) is 13.0. The molecule has 6 nitrogen and oxygen atoms in total. The molecule has 3 heterocycles. The Bertz CT molecular complexity index is 867. The van der Waals surface area contributed by atoms with Crippen LogP contribution in [0.15, 0.2) is 18.3 Å². The standard InChI is InChI=1S/C18H22BNO4.C3H8O/c1-11-13(10-21)7-15-8-14(9-20(15)16(11)12(2)22)19-23-17(3,4)18(5,6)24-19;1-3-4-2/h7-10H,1-6H3;3H2,1-2H3. The molecule has 0 spiro atoms. The highest BCUT2D eigenvalue weighted by Crippen LogP contribution is 2.36. The maximum atomic E-state index is 12.1. The number of hydrogen-bond donors (Lipinski definition) is 0. The normalized spacial score (nSPS) is 17.4. The van der Waals surface area contributed by atoms with Crippen LogP contribution in [0.25, 0.3) is 5.52 Å². The number of ether oxygens (including phenoxy) is 1. The van der Waals surface area contributed by atoms with E-state index in [2.05, 4.69) is 4.74 Å². The molecule has 2 aromatic rings. The molecule has 0 aromatic carbocycles. The van der Waals surface area contributed by atoms with Crippen molar-refractivity contribution in [2.45, 2.75) is 59.7 Å². The highest BCUT2D eigenvalue weighted by atomic mass is 16.7. The van der Waals surface area contributed by atoms with Crippen LogP contribution >= 0.6 is 0 Å². The monoisotopic (exact) mass is 387 g/mol. The lowest BCUT2D eigenvalue weighted by atomic mass is 9.81. The summed E-state index contributed by atoms with van der Waals surface area (Å²) in [5.74, 6) is -0.0859. The molecule has 1 saturated heterocycles. The lowest BCUT2D eigenvalue weighted by molar-refractivity contribution is 0.00578. The van der Waals surface area contributed by atoms with E-state index in [9.17, 15) is 9.59 Å². The average molecular weight is 387 g/mol. The average Bonchev–Trinajstić information content (AvgIpc) is 3.11. The molecule has 0 atom stereocenters. The van der Waals surface area contributed by atoms with Crippen LogP contribution in [-0.2, 0) is 14.0 Å². The maximum absolute atomic E-state index is 12.1. The Morgan fingerprint density at radius 2 is 1.75 bits per heavy atom. The van der Waals surface area contributed by atoms with E-state index in [1.807, 2.05) is 51.3 Å². The molecule has 0 radical (unpaired) electrons. The molecule has 152 valence electrons. The van der Waals surface area contributed by atoms with E-state index in [0.29, 0.717) is 16.8 Å². The van der Waals surface area contributed by atoms with Crippen molar-refractivity contribution in [1.29, 1.82) is 0 Å². The van der Waals surface area contributed by atoms with Crippen molar-refractivity contribution in [3.8, 4) is 0 Å². The number of Topliss-reactive ketones (excluding diaryl/α,β-unsaturated/α-hetero) is 1. The van der Waals surface area contributed by atoms with Crippen molar-refractivity contribution in [3.63, 3.8) is 0 Å². The van der Waals surface area contributed by atoms with Crippen molar-refractivity contribution in [2.24, 2.45) is 0 Å². The number of fused-ring (bicyclic) bond motifs is 1. The highest BCUT2D eigenvalue weighted by molar-refractivity contribution is 6.62. The van der Waals surface area contributed by atoms with Crippen molar-refractivity contribution in [2.75, 3.05) is 13.7 Å². The van der Waals surface area contributed by atoms with Crippen LogP contribution in [0.1, 0.15) is 68.0 Å². The minimum Gasteiger partial charge on any atom is -0.399 e. The Kier molecular flexibility index (Phi) is 6.53. The number of methoxy groups -OCH3 is 1. The predicted octanol–water partition coefficient (Wildman–Crippen LogP) is 3.21. The molecule has 2 aromatic heterocycles. The Morgan fingerprint density at radius 1 is 1.21 bits per heavy atom. The Morgan fingerprint density at radius 3 is 2.18 bits per heavy atom. The van der Waals surface area contributed by atoms with Gasteiger partial charge in [0.15, 0.2) is 5.78 Å². The van der Waals surface area contributed by atoms with E-state index in [-0.39, 0.29) is 5.78 Å². The minimum atomic E-state index is -0.505. The third kappa shape index (κ3) is 4.07. The molecule has 0 N–H and O–H groups in total. The highest BCUT2D eigenvalue weighted by Gasteiger charge is 2.52. The second-order valence-corrected chi connectivity index (χ2v) is 7.98. The van der Waals surface area contributed by atoms with Gasteiger partial charge in [0.1, 0.15) is 6.29 Å². The van der Waals surface area contributed by atoms with E-state index >= 15 is 0 Å². The molecule has 0 unspecified atom stereocenters. The number of aromatic nitrogens is 1. The molecule has 7 heteroatoms. The Hall–Kier alpha value is -1.96. The Balaban J connectivity index is 0.000000640. The number of aldehydes is 1. The SMILES string of the molecule is CC(=O)c1c(C)c(C=O)cc2cc(B3OC(C)(C)C(C)(C)O3)cn12.CCOC. The summed E-state index contributed by atoms with van der Waals surface area (Å²) in [7, 11) is 1.18. The topological polar surface area (TPSA) is 66.2 Å². The fourth-order valence-electron chi connectivity index (χ4n) is 3.06. The van der Waals surface area contributed by atoms with Crippen LogP contribution in [-0.4, -0.2) is 48.5 Å². The van der Waals surface area contributed by atoms with E-state index in [4.69, 9.17) is 9.31 Å². The van der Waals surface area contributed by atoms with Gasteiger partial charge in [0, 0.05) is 43.4 Å².